The van der Waals surface area contributed by atoms with Gasteiger partial charge < -0.3 is 15.5 Å². The second-order valence-corrected chi connectivity index (χ2v) is 8.38. The average molecular weight is 414 g/mol. The van der Waals surface area contributed by atoms with Gasteiger partial charge in [-0.3, -0.25) is 4.79 Å². The molecule has 0 radical (unpaired) electrons. The van der Waals surface area contributed by atoms with E-state index in [9.17, 15) is 4.79 Å². The molecule has 0 atom stereocenters. The van der Waals surface area contributed by atoms with Gasteiger partial charge in [-0.2, -0.15) is 0 Å². The van der Waals surface area contributed by atoms with Crippen molar-refractivity contribution in [3.63, 3.8) is 0 Å². The Morgan fingerprint density at radius 1 is 1.04 bits per heavy atom. The first-order valence-electron chi connectivity index (χ1n) is 9.34. The molecule has 4 nitrogen and oxygen atoms in total. The lowest BCUT2D eigenvalue weighted by atomic mass is 9.87. The zero-order valence-electron chi connectivity index (χ0n) is 14.8. The number of thiocarbonyl (C=S) groups is 1. The van der Waals surface area contributed by atoms with Crippen molar-refractivity contribution < 1.29 is 4.79 Å². The number of amides is 1. The maximum absolute atomic E-state index is 12.6. The Kier molecular flexibility index (Phi) is 7.01. The highest BCUT2D eigenvalue weighted by Crippen LogP contribution is 2.27. The number of hydrogen-bond donors (Lipinski definition) is 2. The molecule has 1 saturated carbocycles. The van der Waals surface area contributed by atoms with Crippen LogP contribution in [0.5, 0.6) is 0 Å². The molecule has 2 fully saturated rings. The number of piperidine rings is 1. The summed E-state index contributed by atoms with van der Waals surface area (Å²) in [5.41, 5.74) is 0.807. The molecule has 1 aliphatic heterocycles. The van der Waals surface area contributed by atoms with Gasteiger partial charge in [-0.15, -0.1) is 0 Å². The summed E-state index contributed by atoms with van der Waals surface area (Å²) in [6.45, 7) is 1.62. The number of carbonyl (C=O) groups excluding carboxylic acids is 1. The molecule has 1 aromatic rings. The van der Waals surface area contributed by atoms with Crippen LogP contribution in [-0.2, 0) is 4.79 Å². The van der Waals surface area contributed by atoms with Gasteiger partial charge in [0.2, 0.25) is 5.91 Å². The van der Waals surface area contributed by atoms with Crippen LogP contribution in [0.25, 0.3) is 0 Å². The first-order valence-corrected chi connectivity index (χ1v) is 10.5. The van der Waals surface area contributed by atoms with Crippen LogP contribution in [0.1, 0.15) is 44.9 Å². The van der Waals surface area contributed by atoms with Crippen molar-refractivity contribution >= 4 is 52.1 Å². The van der Waals surface area contributed by atoms with Crippen LogP contribution in [-0.4, -0.2) is 35.1 Å². The quantitative estimate of drug-likeness (QED) is 0.694. The molecule has 0 unspecified atom stereocenters. The lowest BCUT2D eigenvalue weighted by Crippen LogP contribution is -2.49. The highest BCUT2D eigenvalue weighted by molar-refractivity contribution is 7.80. The van der Waals surface area contributed by atoms with Gasteiger partial charge in [0, 0.05) is 30.7 Å². The summed E-state index contributed by atoms with van der Waals surface area (Å²) in [6, 6.07) is 5.62. The second kappa shape index (κ2) is 9.25. The summed E-state index contributed by atoms with van der Waals surface area (Å²) in [7, 11) is 0. The number of anilines is 1. The SMILES string of the molecule is O=C(C1CCCCC1)N1CCC(NC(=S)Nc2ccc(Cl)c(Cl)c2)CC1. The van der Waals surface area contributed by atoms with Gasteiger partial charge in [0.05, 0.1) is 10.0 Å². The third kappa shape index (κ3) is 5.24. The monoisotopic (exact) mass is 413 g/mol. The third-order valence-electron chi connectivity index (χ3n) is 5.27. The fraction of sp³-hybridized carbons (Fsp3) is 0.579. The fourth-order valence-electron chi connectivity index (χ4n) is 3.78. The van der Waals surface area contributed by atoms with E-state index >= 15 is 0 Å². The van der Waals surface area contributed by atoms with Gasteiger partial charge in [0.15, 0.2) is 5.11 Å². The molecule has 2 N–H and O–H groups in total. The standard InChI is InChI=1S/C19H25Cl2N3OS/c20-16-7-6-15(12-17(16)21)23-19(26)22-14-8-10-24(11-9-14)18(25)13-4-2-1-3-5-13/h6-7,12-14H,1-5,8-11H2,(H2,22,23,26). The van der Waals surface area contributed by atoms with E-state index in [0.717, 1.165) is 44.5 Å². The number of halogens is 2. The van der Waals surface area contributed by atoms with E-state index in [4.69, 9.17) is 35.4 Å². The van der Waals surface area contributed by atoms with Gasteiger partial charge in [0.25, 0.3) is 0 Å². The highest BCUT2D eigenvalue weighted by atomic mass is 35.5. The molecular weight excluding hydrogens is 389 g/mol. The van der Waals surface area contributed by atoms with Gasteiger partial charge in [-0.05, 0) is 56.1 Å². The Hall–Kier alpha value is -1.04. The summed E-state index contributed by atoms with van der Waals surface area (Å²) in [5, 5.41) is 8.07. The lowest BCUT2D eigenvalue weighted by molar-refractivity contribution is -0.137. The van der Waals surface area contributed by atoms with Crippen molar-refractivity contribution in [1.29, 1.82) is 0 Å². The first-order chi connectivity index (χ1) is 12.5. The van der Waals surface area contributed by atoms with Crippen molar-refractivity contribution in [3.05, 3.63) is 28.2 Å². The van der Waals surface area contributed by atoms with Gasteiger partial charge >= 0.3 is 0 Å². The van der Waals surface area contributed by atoms with Crippen LogP contribution in [0.4, 0.5) is 5.69 Å². The molecule has 1 heterocycles. The molecule has 142 valence electrons. The Morgan fingerprint density at radius 3 is 2.38 bits per heavy atom. The molecular formula is C19H25Cl2N3OS. The number of nitrogens with one attached hydrogen (secondary N) is 2. The molecule has 0 aromatic heterocycles. The van der Waals surface area contributed by atoms with Crippen LogP contribution in [0.3, 0.4) is 0 Å². The maximum Gasteiger partial charge on any atom is 0.225 e. The molecule has 7 heteroatoms. The normalized spacial score (nSPS) is 19.2. The molecule has 3 rings (SSSR count). The number of likely N-dealkylation sites (tertiary alicyclic amines) is 1. The number of nitrogens with zero attached hydrogens (tertiary/aromatic N) is 1. The topological polar surface area (TPSA) is 44.4 Å². The third-order valence-corrected chi connectivity index (χ3v) is 6.23. The second-order valence-electron chi connectivity index (χ2n) is 7.16. The summed E-state index contributed by atoms with van der Waals surface area (Å²) >= 11 is 17.4. The molecule has 2 aliphatic rings. The van der Waals surface area contributed by atoms with E-state index in [1.807, 2.05) is 11.0 Å². The van der Waals surface area contributed by atoms with Crippen LogP contribution in [0.15, 0.2) is 18.2 Å². The lowest BCUT2D eigenvalue weighted by Gasteiger charge is -2.35. The van der Waals surface area contributed by atoms with Gasteiger partial charge in [-0.25, -0.2) is 0 Å². The van der Waals surface area contributed by atoms with Crippen molar-refractivity contribution in [2.75, 3.05) is 18.4 Å². The zero-order valence-corrected chi connectivity index (χ0v) is 17.1. The molecule has 1 aromatic carbocycles. The Bertz CT molecular complexity index is 656. The van der Waals surface area contributed by atoms with Crippen LogP contribution < -0.4 is 10.6 Å². The number of benzene rings is 1. The predicted molar refractivity (Wildman–Crippen MR) is 112 cm³/mol. The number of hydrogen-bond acceptors (Lipinski definition) is 2. The fourth-order valence-corrected chi connectivity index (χ4v) is 4.36. The minimum absolute atomic E-state index is 0.255. The molecule has 0 spiro atoms. The zero-order chi connectivity index (χ0) is 18.5. The highest BCUT2D eigenvalue weighted by Gasteiger charge is 2.29. The van der Waals surface area contributed by atoms with E-state index in [2.05, 4.69) is 10.6 Å². The largest absolute Gasteiger partial charge is 0.360 e. The van der Waals surface area contributed by atoms with Crippen LogP contribution in [0.2, 0.25) is 10.0 Å². The van der Waals surface area contributed by atoms with E-state index in [0.29, 0.717) is 21.1 Å². The van der Waals surface area contributed by atoms with E-state index in [1.54, 1.807) is 12.1 Å². The van der Waals surface area contributed by atoms with Crippen molar-refractivity contribution in [3.8, 4) is 0 Å². The van der Waals surface area contributed by atoms with Crippen molar-refractivity contribution in [2.24, 2.45) is 5.92 Å². The molecule has 1 aliphatic carbocycles. The molecule has 0 bridgehead atoms. The summed E-state index contributed by atoms with van der Waals surface area (Å²) in [5.74, 6) is 0.616. The minimum atomic E-state index is 0.255. The Labute approximate surface area is 170 Å². The molecule has 1 amide bonds. The van der Waals surface area contributed by atoms with Crippen LogP contribution >= 0.6 is 35.4 Å². The minimum Gasteiger partial charge on any atom is -0.360 e. The maximum atomic E-state index is 12.6. The predicted octanol–water partition coefficient (Wildman–Crippen LogP) is 4.85. The molecule has 1 saturated heterocycles. The summed E-state index contributed by atoms with van der Waals surface area (Å²) in [6.07, 6.45) is 7.64. The first kappa shape index (κ1) is 19.7. The number of rotatable bonds is 3. The van der Waals surface area contributed by atoms with E-state index in [-0.39, 0.29) is 12.0 Å². The van der Waals surface area contributed by atoms with E-state index in [1.165, 1.54) is 19.3 Å². The Balaban J connectivity index is 1.43. The summed E-state index contributed by atoms with van der Waals surface area (Å²) < 4.78 is 0. The van der Waals surface area contributed by atoms with Crippen molar-refractivity contribution in [2.45, 2.75) is 51.0 Å². The smallest absolute Gasteiger partial charge is 0.225 e. The van der Waals surface area contributed by atoms with E-state index < -0.39 is 0 Å². The van der Waals surface area contributed by atoms with Gasteiger partial charge in [0.1, 0.15) is 0 Å². The average Bonchev–Trinajstić information content (AvgIpc) is 2.65. The number of carbonyl (C=O) groups is 1. The van der Waals surface area contributed by atoms with Gasteiger partial charge in [-0.1, -0.05) is 42.5 Å². The molecule has 26 heavy (non-hydrogen) atoms. The van der Waals surface area contributed by atoms with Crippen LogP contribution in [0, 0.1) is 5.92 Å². The summed E-state index contributed by atoms with van der Waals surface area (Å²) in [4.78, 5) is 14.7. The Morgan fingerprint density at radius 2 is 1.73 bits per heavy atom. The van der Waals surface area contributed by atoms with Crippen molar-refractivity contribution in [1.82, 2.24) is 10.2 Å².